The van der Waals surface area contributed by atoms with Gasteiger partial charge < -0.3 is 9.80 Å². The fraction of sp³-hybridized carbons (Fsp3) is 0.0588. The van der Waals surface area contributed by atoms with E-state index in [-0.39, 0.29) is 13.4 Å². The van der Waals surface area contributed by atoms with Crippen LogP contribution in [0.4, 0.5) is 22.7 Å². The number of hydrogen-bond acceptors (Lipinski definition) is 4. The molecule has 1 spiro atoms. The predicted octanol–water partition coefficient (Wildman–Crippen LogP) is 8.15. The molecule has 8 aromatic rings. The number of para-hydroxylation sites is 2. The highest BCUT2D eigenvalue weighted by molar-refractivity contribution is 8.00. The van der Waals surface area contributed by atoms with E-state index in [2.05, 4.69) is 182 Å². The van der Waals surface area contributed by atoms with Crippen molar-refractivity contribution in [1.82, 2.24) is 0 Å². The van der Waals surface area contributed by atoms with Crippen LogP contribution < -0.4 is 42.6 Å². The number of nitrogens with zero attached hydrogens (tertiary/aromatic N) is 2. The summed E-state index contributed by atoms with van der Waals surface area (Å²) in [7, 11) is 4.45. The van der Waals surface area contributed by atoms with Crippen LogP contribution in [0.15, 0.2) is 177 Å². The lowest BCUT2D eigenvalue weighted by atomic mass is 9.34. The van der Waals surface area contributed by atoms with E-state index in [1.165, 1.54) is 120 Å². The summed E-state index contributed by atoms with van der Waals surface area (Å²) in [5, 5.41) is 0. The first-order valence-corrected chi connectivity index (χ1v) is 21.6. The van der Waals surface area contributed by atoms with Crippen molar-refractivity contribution >= 4 is 92.5 Å². The Hall–Kier alpha value is -5.81. The first kappa shape index (κ1) is 31.3. The van der Waals surface area contributed by atoms with Gasteiger partial charge in [-0.25, -0.2) is 0 Å². The largest absolute Gasteiger partial charge is 0.345 e. The second-order valence-corrected chi connectivity index (χ2v) is 18.6. The van der Waals surface area contributed by atoms with E-state index in [0.717, 1.165) is 0 Å². The van der Waals surface area contributed by atoms with Crippen LogP contribution in [0.3, 0.4) is 0 Å². The topological polar surface area (TPSA) is 6.48 Å². The molecule has 2 nitrogen and oxygen atoms in total. The molecule has 0 bridgehead atoms. The van der Waals surface area contributed by atoms with Crippen LogP contribution in [-0.2, 0) is 5.41 Å². The van der Waals surface area contributed by atoms with Gasteiger partial charge in [0.2, 0.25) is 13.4 Å². The van der Waals surface area contributed by atoms with E-state index in [1.54, 1.807) is 0 Å². The molecule has 14 rings (SSSR count). The van der Waals surface area contributed by atoms with Crippen molar-refractivity contribution in [2.45, 2.75) is 25.0 Å². The van der Waals surface area contributed by atoms with Crippen LogP contribution >= 0.6 is 23.5 Å². The van der Waals surface area contributed by atoms with Gasteiger partial charge in [-0.3, -0.25) is 0 Å². The average molecular weight is 759 g/mol. The molecule has 0 saturated carbocycles. The SMILES string of the molecule is CN1c2ccccc2B2c3cc4c(cc3Sc3cccc1c32)C1(c2ccccc2-4)c2ccccc2-c2cc3c(cc21)Sc1cccc2c1B3c1ccccc1N2C. The summed E-state index contributed by atoms with van der Waals surface area (Å²) in [5.41, 5.74) is 24.4. The van der Waals surface area contributed by atoms with Gasteiger partial charge in [-0.05, 0) is 115 Å². The quantitative estimate of drug-likeness (QED) is 0.144. The Labute approximate surface area is 341 Å². The molecule has 0 amide bonds. The van der Waals surface area contributed by atoms with Crippen molar-refractivity contribution in [2.75, 3.05) is 23.9 Å². The third-order valence-electron chi connectivity index (χ3n) is 14.0. The Morgan fingerprint density at radius 3 is 1.28 bits per heavy atom. The van der Waals surface area contributed by atoms with Gasteiger partial charge in [0.15, 0.2) is 0 Å². The van der Waals surface area contributed by atoms with E-state index in [1.807, 2.05) is 23.5 Å². The van der Waals surface area contributed by atoms with Gasteiger partial charge in [-0.1, -0.05) is 144 Å². The average Bonchev–Trinajstić information content (AvgIpc) is 3.71. The Kier molecular flexibility index (Phi) is 5.91. The van der Waals surface area contributed by atoms with E-state index in [9.17, 15) is 0 Å². The standard InChI is InChI=1S/C51H32B2N2S2/c1-54-41-19-9-7-17-37(41)52-39-25-31-29-13-3-5-15-33(29)51(35(31)27-47(39)56-45-23-11-21-43(54)49(45)52)34-16-6-4-14-30(34)32-26-40-48(28-36(32)51)57-46-24-12-22-44-50(46)53(40)38-18-8-10-20-42(38)55(44)2/h3-28H,1-2H3. The number of hydrogen-bond donors (Lipinski definition) is 0. The number of benzene rings is 8. The zero-order chi connectivity index (χ0) is 37.3. The molecule has 0 fully saturated rings. The minimum absolute atomic E-state index is 0.183. The zero-order valence-electron chi connectivity index (χ0n) is 31.4. The molecule has 0 saturated heterocycles. The predicted molar refractivity (Wildman–Crippen MR) is 242 cm³/mol. The van der Waals surface area contributed by atoms with Gasteiger partial charge in [0, 0.05) is 56.4 Å². The Balaban J connectivity index is 1.05. The molecule has 0 unspecified atom stereocenters. The molecule has 57 heavy (non-hydrogen) atoms. The minimum Gasteiger partial charge on any atom is -0.345 e. The fourth-order valence-electron chi connectivity index (χ4n) is 11.8. The highest BCUT2D eigenvalue weighted by Gasteiger charge is 2.54. The Morgan fingerprint density at radius 2 is 0.789 bits per heavy atom. The summed E-state index contributed by atoms with van der Waals surface area (Å²) in [6.45, 7) is 0.366. The summed E-state index contributed by atoms with van der Waals surface area (Å²) >= 11 is 3.92. The molecule has 0 aromatic heterocycles. The van der Waals surface area contributed by atoms with Crippen molar-refractivity contribution in [1.29, 1.82) is 0 Å². The first-order chi connectivity index (χ1) is 28.1. The number of anilines is 4. The first-order valence-electron chi connectivity index (χ1n) is 19.9. The summed E-state index contributed by atoms with van der Waals surface area (Å²) in [6, 6.07) is 60.9. The van der Waals surface area contributed by atoms with Crippen LogP contribution in [-0.4, -0.2) is 27.5 Å². The molecule has 0 atom stereocenters. The maximum Gasteiger partial charge on any atom is 0.249 e. The smallest absolute Gasteiger partial charge is 0.249 e. The molecule has 6 heteroatoms. The van der Waals surface area contributed by atoms with Gasteiger partial charge >= 0.3 is 0 Å². The van der Waals surface area contributed by atoms with Crippen molar-refractivity contribution in [3.05, 3.63) is 180 Å². The third kappa shape index (κ3) is 3.67. The molecule has 264 valence electrons. The van der Waals surface area contributed by atoms with E-state index in [4.69, 9.17) is 0 Å². The summed E-state index contributed by atoms with van der Waals surface area (Å²) in [5.74, 6) is 0. The van der Waals surface area contributed by atoms with Crippen LogP contribution in [0.2, 0.25) is 0 Å². The van der Waals surface area contributed by atoms with E-state index < -0.39 is 5.41 Å². The van der Waals surface area contributed by atoms with Crippen molar-refractivity contribution in [2.24, 2.45) is 0 Å². The molecule has 8 aromatic carbocycles. The van der Waals surface area contributed by atoms with Crippen LogP contribution in [0.25, 0.3) is 22.3 Å². The van der Waals surface area contributed by atoms with Crippen molar-refractivity contribution in [3.8, 4) is 22.3 Å². The molecular formula is C51H32B2N2S2. The number of fused-ring (bicyclic) bond motifs is 18. The summed E-state index contributed by atoms with van der Waals surface area (Å²) < 4.78 is 0. The molecule has 4 aliphatic heterocycles. The highest BCUT2D eigenvalue weighted by atomic mass is 32.2. The second-order valence-electron chi connectivity index (χ2n) is 16.4. The summed E-state index contributed by atoms with van der Waals surface area (Å²) in [6.07, 6.45) is 0. The van der Waals surface area contributed by atoms with Crippen molar-refractivity contribution in [3.63, 3.8) is 0 Å². The second kappa shape index (κ2) is 10.8. The highest BCUT2D eigenvalue weighted by Crippen LogP contribution is 2.63. The molecular weight excluding hydrogens is 726 g/mol. The van der Waals surface area contributed by atoms with Gasteiger partial charge in [-0.15, -0.1) is 0 Å². The van der Waals surface area contributed by atoms with Gasteiger partial charge in [0.1, 0.15) is 0 Å². The van der Waals surface area contributed by atoms with Gasteiger partial charge in [-0.2, -0.15) is 0 Å². The van der Waals surface area contributed by atoms with E-state index >= 15 is 0 Å². The van der Waals surface area contributed by atoms with Crippen LogP contribution in [0, 0.1) is 0 Å². The Bertz CT molecular complexity index is 2960. The maximum absolute atomic E-state index is 2.61. The fourth-order valence-corrected chi connectivity index (χ4v) is 14.2. The molecule has 4 heterocycles. The van der Waals surface area contributed by atoms with Crippen molar-refractivity contribution < 1.29 is 0 Å². The zero-order valence-corrected chi connectivity index (χ0v) is 33.0. The van der Waals surface area contributed by atoms with Crippen LogP contribution in [0.5, 0.6) is 0 Å². The number of rotatable bonds is 0. The molecule has 0 N–H and O–H groups in total. The normalized spacial score (nSPS) is 15.8. The summed E-state index contributed by atoms with van der Waals surface area (Å²) in [4.78, 5) is 10.3. The van der Waals surface area contributed by atoms with Gasteiger partial charge in [0.05, 0.1) is 5.41 Å². The lowest BCUT2D eigenvalue weighted by Gasteiger charge is -2.39. The van der Waals surface area contributed by atoms with Gasteiger partial charge in [0.25, 0.3) is 0 Å². The maximum atomic E-state index is 2.61. The lowest BCUT2D eigenvalue weighted by Crippen LogP contribution is -2.60. The monoisotopic (exact) mass is 758 g/mol. The molecule has 0 radical (unpaired) electrons. The minimum atomic E-state index is -0.428. The third-order valence-corrected chi connectivity index (χ3v) is 16.3. The Morgan fingerprint density at radius 1 is 0.368 bits per heavy atom. The van der Waals surface area contributed by atoms with E-state index in [0.29, 0.717) is 0 Å². The van der Waals surface area contributed by atoms with Crippen LogP contribution in [0.1, 0.15) is 22.3 Å². The lowest BCUT2D eigenvalue weighted by molar-refractivity contribution is 0.789. The molecule has 6 aliphatic rings. The molecule has 2 aliphatic carbocycles.